The Labute approximate surface area is 365 Å². The van der Waals surface area contributed by atoms with Gasteiger partial charge in [-0.15, -0.1) is 12.3 Å². The van der Waals surface area contributed by atoms with E-state index in [2.05, 4.69) is 16.6 Å². The first-order chi connectivity index (χ1) is 28.1. The molecule has 0 saturated carbocycles. The molecule has 0 spiro atoms. The van der Waals surface area contributed by atoms with Gasteiger partial charge in [0.1, 0.15) is 30.3 Å². The van der Waals surface area contributed by atoms with E-state index in [4.69, 9.17) is 20.6 Å². The van der Waals surface area contributed by atoms with Crippen molar-refractivity contribution in [3.8, 4) is 12.3 Å². The number of likely N-dealkylation sites (N-methyl/N-ethyl adjacent to an activating group) is 2. The fraction of sp³-hybridized carbons (Fsp3) is 0.804. The number of unbranched alkanes of at least 4 members (excludes halogenated alkanes) is 1. The van der Waals surface area contributed by atoms with E-state index in [1.165, 1.54) is 28.8 Å². The molecule has 346 valence electrons. The Kier molecular flexibility index (Phi) is 19.3. The van der Waals surface area contributed by atoms with Crippen LogP contribution in [0.5, 0.6) is 0 Å². The van der Waals surface area contributed by atoms with Gasteiger partial charge in [0.2, 0.25) is 23.6 Å². The molecule has 0 aromatic rings. The second-order valence-electron chi connectivity index (χ2n) is 19.6. The second-order valence-corrected chi connectivity index (χ2v) is 19.6. The van der Waals surface area contributed by atoms with E-state index < -0.39 is 125 Å². The largest absolute Gasteiger partial charge is 0.460 e. The predicted molar refractivity (Wildman–Crippen MR) is 232 cm³/mol. The van der Waals surface area contributed by atoms with Crippen LogP contribution in [-0.2, 0) is 47.8 Å². The Balaban J connectivity index is 2.91. The van der Waals surface area contributed by atoms with Crippen LogP contribution in [0.3, 0.4) is 0 Å². The molecule has 0 unspecified atom stereocenters. The molecule has 0 aromatic heterocycles. The summed E-state index contributed by atoms with van der Waals surface area (Å²) in [6.07, 6.45) is 4.48. The highest BCUT2D eigenvalue weighted by molar-refractivity contribution is 5.96. The Morgan fingerprint density at radius 1 is 0.803 bits per heavy atom. The van der Waals surface area contributed by atoms with Gasteiger partial charge in [-0.2, -0.15) is 0 Å². The van der Waals surface area contributed by atoms with Gasteiger partial charge in [0.25, 0.3) is 5.91 Å². The molecule has 2 saturated heterocycles. The zero-order valence-corrected chi connectivity index (χ0v) is 39.9. The van der Waals surface area contributed by atoms with E-state index in [0.717, 1.165) is 0 Å². The number of carbonyl (C=O) groups excluding carboxylic acids is 7. The number of hydrogen-bond acceptors (Lipinski definition) is 10. The number of hydrogen-bond donors (Lipinski definition) is 2. The zero-order chi connectivity index (χ0) is 46.9. The highest BCUT2D eigenvalue weighted by Gasteiger charge is 2.48. The summed E-state index contributed by atoms with van der Waals surface area (Å²) in [5.74, 6) is -3.74. The van der Waals surface area contributed by atoms with Crippen LogP contribution < -0.4 is 10.6 Å². The van der Waals surface area contributed by atoms with Crippen molar-refractivity contribution in [2.75, 3.05) is 20.6 Å². The summed E-state index contributed by atoms with van der Waals surface area (Å²) >= 11 is 0. The smallest absolute Gasteiger partial charge is 0.331 e. The van der Waals surface area contributed by atoms with Crippen molar-refractivity contribution >= 4 is 41.5 Å². The van der Waals surface area contributed by atoms with E-state index in [1.54, 1.807) is 90.0 Å². The lowest BCUT2D eigenvalue weighted by atomic mass is 9.82. The number of rotatable bonds is 10. The van der Waals surface area contributed by atoms with Gasteiger partial charge in [0.15, 0.2) is 12.1 Å². The van der Waals surface area contributed by atoms with Gasteiger partial charge in [0, 0.05) is 33.0 Å². The number of cyclic esters (lactones) is 2. The van der Waals surface area contributed by atoms with E-state index in [0.29, 0.717) is 32.1 Å². The van der Waals surface area contributed by atoms with E-state index in [9.17, 15) is 33.6 Å². The molecule has 0 aromatic carbocycles. The van der Waals surface area contributed by atoms with Crippen LogP contribution in [0.2, 0.25) is 0 Å². The maximum Gasteiger partial charge on any atom is 0.331 e. The number of terminal acetylenes is 1. The van der Waals surface area contributed by atoms with Gasteiger partial charge >= 0.3 is 11.9 Å². The van der Waals surface area contributed by atoms with Crippen LogP contribution in [0.15, 0.2) is 0 Å². The van der Waals surface area contributed by atoms with Crippen molar-refractivity contribution in [2.24, 2.45) is 29.1 Å². The van der Waals surface area contributed by atoms with Crippen molar-refractivity contribution in [1.29, 1.82) is 0 Å². The first-order valence-corrected chi connectivity index (χ1v) is 22.1. The van der Waals surface area contributed by atoms with Gasteiger partial charge in [-0.05, 0) is 91.4 Å². The third kappa shape index (κ3) is 13.4. The molecule has 15 heteroatoms. The summed E-state index contributed by atoms with van der Waals surface area (Å²) in [7, 11) is 2.96. The molecule has 2 fully saturated rings. The minimum absolute atomic E-state index is 0.173. The standard InChI is InChI=1S/C46H77N5O10/c1-18-20-21-24-32-46(14,15)44(58)48-33(26(3)4)40(54)50(17)36(28(7)8)43(57)60-37(29(9)19-2)41(55)51-25-22-23-31(51)39(53)49(16)35(27(5)6)38(52)47-34(42(56)59-32)30(10)61-45(11,12)13/h1,26-37H,19-25H2,2-17H3,(H,47,52)(H,48,58)/t29-,30+,31-,32-,33-,34-,35-,36-,37+/m0/s1. The number of amides is 5. The molecule has 15 nitrogen and oxygen atoms in total. The molecule has 2 rings (SSSR count). The Morgan fingerprint density at radius 2 is 1.38 bits per heavy atom. The monoisotopic (exact) mass is 860 g/mol. The molecule has 0 bridgehead atoms. The minimum atomic E-state index is -1.45. The van der Waals surface area contributed by atoms with Crippen LogP contribution in [0.4, 0.5) is 0 Å². The van der Waals surface area contributed by atoms with Gasteiger partial charge in [-0.1, -0.05) is 55.4 Å². The fourth-order valence-electron chi connectivity index (χ4n) is 8.19. The molecule has 0 aliphatic carbocycles. The lowest BCUT2D eigenvalue weighted by Crippen LogP contribution is -2.61. The van der Waals surface area contributed by atoms with Crippen LogP contribution >= 0.6 is 0 Å². The van der Waals surface area contributed by atoms with E-state index >= 15 is 0 Å². The van der Waals surface area contributed by atoms with Crippen LogP contribution in [0.25, 0.3) is 0 Å². The fourth-order valence-corrected chi connectivity index (χ4v) is 8.19. The lowest BCUT2D eigenvalue weighted by Gasteiger charge is -2.39. The summed E-state index contributed by atoms with van der Waals surface area (Å²) in [6, 6.07) is -5.69. The minimum Gasteiger partial charge on any atom is -0.460 e. The van der Waals surface area contributed by atoms with Gasteiger partial charge in [-0.3, -0.25) is 24.0 Å². The average Bonchev–Trinajstić information content (AvgIpc) is 3.65. The van der Waals surface area contributed by atoms with Crippen molar-refractivity contribution in [3.05, 3.63) is 0 Å². The number of nitrogens with zero attached hydrogens (tertiary/aromatic N) is 3. The Hall–Kier alpha value is -4.19. The third-order valence-electron chi connectivity index (χ3n) is 12.0. The topological polar surface area (TPSA) is 181 Å². The molecule has 61 heavy (non-hydrogen) atoms. The van der Waals surface area contributed by atoms with Crippen LogP contribution in [-0.4, -0.2) is 131 Å². The molecular formula is C46H77N5O10. The second kappa shape index (κ2) is 22.2. The molecule has 9 atom stereocenters. The summed E-state index contributed by atoms with van der Waals surface area (Å²) in [4.78, 5) is 105. The quantitative estimate of drug-likeness (QED) is 0.181. The number of nitrogens with one attached hydrogen (secondary N) is 2. The maximum atomic E-state index is 14.5. The highest BCUT2D eigenvalue weighted by atomic mass is 16.6. The number of esters is 2. The van der Waals surface area contributed by atoms with Crippen molar-refractivity contribution < 1.29 is 47.8 Å². The molecule has 0 radical (unpaired) electrons. The van der Waals surface area contributed by atoms with Crippen molar-refractivity contribution in [2.45, 2.75) is 190 Å². The van der Waals surface area contributed by atoms with Crippen LogP contribution in [0.1, 0.15) is 135 Å². The number of fused-ring (bicyclic) bond motifs is 1. The molecule has 2 N–H and O–H groups in total. The zero-order valence-electron chi connectivity index (χ0n) is 39.9. The van der Waals surface area contributed by atoms with Crippen LogP contribution in [0, 0.1) is 41.4 Å². The summed E-state index contributed by atoms with van der Waals surface area (Å²) in [5, 5.41) is 5.73. The van der Waals surface area contributed by atoms with Crippen molar-refractivity contribution in [3.63, 3.8) is 0 Å². The number of carbonyl (C=O) groups is 7. The van der Waals surface area contributed by atoms with Gasteiger partial charge in [-0.25, -0.2) is 9.59 Å². The first kappa shape index (κ1) is 52.9. The molecular weight excluding hydrogens is 783 g/mol. The lowest BCUT2D eigenvalue weighted by molar-refractivity contribution is -0.173. The highest BCUT2D eigenvalue weighted by Crippen LogP contribution is 2.31. The van der Waals surface area contributed by atoms with Gasteiger partial charge < -0.3 is 39.5 Å². The van der Waals surface area contributed by atoms with Gasteiger partial charge in [0.05, 0.1) is 17.1 Å². The van der Waals surface area contributed by atoms with E-state index in [-0.39, 0.29) is 13.0 Å². The molecule has 2 heterocycles. The van der Waals surface area contributed by atoms with E-state index in [1.807, 2.05) is 6.92 Å². The summed E-state index contributed by atoms with van der Waals surface area (Å²) in [6.45, 7) is 24.7. The molecule has 2 aliphatic heterocycles. The average molecular weight is 860 g/mol. The normalized spacial score (nSPS) is 28.1. The predicted octanol–water partition coefficient (Wildman–Crippen LogP) is 4.49. The molecule has 5 amide bonds. The summed E-state index contributed by atoms with van der Waals surface area (Å²) < 4.78 is 18.5. The van der Waals surface area contributed by atoms with Crippen molar-refractivity contribution in [1.82, 2.24) is 25.3 Å². The Bertz CT molecular complexity index is 1610. The summed E-state index contributed by atoms with van der Waals surface area (Å²) in [5.41, 5.74) is -2.20. The number of ether oxygens (including phenoxy) is 3. The third-order valence-corrected chi connectivity index (χ3v) is 12.0. The SMILES string of the molecule is C#CCCC[C@@H]1OC(=O)[C@H]([C@@H](C)OC(C)(C)C)NC(=O)[C@H](C(C)C)N(C)C(=O)[C@@H]2CCCN2C(=O)[C@@H]([C@@H](C)CC)OC(=O)[C@H](C(C)C)N(C)C(=O)[C@H](C(C)C)NC(=O)C1(C)C. The molecule has 2 aliphatic rings. The Morgan fingerprint density at radius 3 is 1.89 bits per heavy atom. The maximum absolute atomic E-state index is 14.5. The first-order valence-electron chi connectivity index (χ1n) is 22.1.